The van der Waals surface area contributed by atoms with Crippen molar-refractivity contribution in [3.05, 3.63) is 60.8 Å². The topological polar surface area (TPSA) is 73.9 Å². The van der Waals surface area contributed by atoms with E-state index in [1.165, 1.54) is 36.8 Å². The summed E-state index contributed by atoms with van der Waals surface area (Å²) in [6.45, 7) is -0.524. The molecule has 0 saturated heterocycles. The summed E-state index contributed by atoms with van der Waals surface area (Å²) in [4.78, 5) is 7.63. The number of hydrogen-bond donors (Lipinski definition) is 0. The molecule has 0 N–H and O–H groups in total. The van der Waals surface area contributed by atoms with E-state index >= 15 is 0 Å². The van der Waals surface area contributed by atoms with Crippen LogP contribution >= 0.6 is 0 Å². The van der Waals surface area contributed by atoms with Gasteiger partial charge in [0.1, 0.15) is 12.4 Å². The molecule has 0 bridgehead atoms. The van der Waals surface area contributed by atoms with E-state index in [2.05, 4.69) is 29.7 Å². The fourth-order valence-corrected chi connectivity index (χ4v) is 2.79. The molecule has 3 heterocycles. The zero-order valence-electron chi connectivity index (χ0n) is 14.9. The Labute approximate surface area is 165 Å². The van der Waals surface area contributed by atoms with Crippen molar-refractivity contribution < 1.29 is 31.4 Å². The van der Waals surface area contributed by atoms with Crippen LogP contribution in [-0.4, -0.2) is 27.0 Å². The number of hydrogen-bond acceptors (Lipinski definition) is 6. The van der Waals surface area contributed by atoms with Crippen molar-refractivity contribution in [2.24, 2.45) is 10.2 Å². The Bertz CT molecular complexity index is 1050. The van der Waals surface area contributed by atoms with E-state index < -0.39 is 31.0 Å². The number of aromatic nitrogens is 3. The Morgan fingerprint density at radius 1 is 0.967 bits per heavy atom. The fourth-order valence-electron chi connectivity index (χ4n) is 2.79. The van der Waals surface area contributed by atoms with Crippen LogP contribution in [0, 0.1) is 0 Å². The molecule has 2 aromatic heterocycles. The molecule has 4 rings (SSSR count). The minimum absolute atomic E-state index is 0.0849. The summed E-state index contributed by atoms with van der Waals surface area (Å²) in [5, 5.41) is 7.30. The van der Waals surface area contributed by atoms with Gasteiger partial charge in [-0.1, -0.05) is 12.1 Å². The first-order chi connectivity index (χ1) is 14.2. The van der Waals surface area contributed by atoms with Crippen LogP contribution in [0.4, 0.5) is 27.8 Å². The molecular formula is C18H12F5N5O2. The van der Waals surface area contributed by atoms with Crippen LogP contribution in [0.15, 0.2) is 65.2 Å². The van der Waals surface area contributed by atoms with Crippen LogP contribution in [0.5, 0.6) is 5.75 Å². The maximum atomic E-state index is 14.5. The molecule has 12 heteroatoms. The first kappa shape index (κ1) is 19.9. The lowest BCUT2D eigenvalue weighted by Crippen LogP contribution is -2.31. The second-order valence-corrected chi connectivity index (χ2v) is 6.17. The molecule has 1 aliphatic heterocycles. The molecule has 1 atom stereocenters. The molecule has 0 spiro atoms. The SMILES string of the molecule is FC(F)(F)Oc1ccc(-c2cc3n(c2)C(C(F)(F)OCc2ncccn2)N=N3)cc1. The van der Waals surface area contributed by atoms with E-state index in [0.29, 0.717) is 11.1 Å². The quantitative estimate of drug-likeness (QED) is 0.506. The van der Waals surface area contributed by atoms with Gasteiger partial charge in [-0.2, -0.15) is 13.9 Å². The molecule has 156 valence electrons. The van der Waals surface area contributed by atoms with E-state index in [9.17, 15) is 22.0 Å². The predicted molar refractivity (Wildman–Crippen MR) is 91.9 cm³/mol. The number of fused-ring (bicyclic) bond motifs is 1. The van der Waals surface area contributed by atoms with E-state index in [4.69, 9.17) is 0 Å². The zero-order chi connectivity index (χ0) is 21.4. The third kappa shape index (κ3) is 4.27. The summed E-state index contributed by atoms with van der Waals surface area (Å²) in [7, 11) is 0. The third-order valence-electron chi connectivity index (χ3n) is 4.10. The number of nitrogens with zero attached hydrogens (tertiary/aromatic N) is 5. The van der Waals surface area contributed by atoms with Crippen molar-refractivity contribution >= 4 is 5.82 Å². The molecule has 0 saturated carbocycles. The van der Waals surface area contributed by atoms with Gasteiger partial charge in [0.05, 0.1) is 0 Å². The number of rotatable bonds is 6. The van der Waals surface area contributed by atoms with Crippen LogP contribution in [-0.2, 0) is 11.3 Å². The Balaban J connectivity index is 1.50. The number of alkyl halides is 5. The van der Waals surface area contributed by atoms with Crippen molar-refractivity contribution in [1.29, 1.82) is 0 Å². The molecule has 0 radical (unpaired) electrons. The first-order valence-corrected chi connectivity index (χ1v) is 8.48. The van der Waals surface area contributed by atoms with Gasteiger partial charge in [0.15, 0.2) is 11.6 Å². The maximum Gasteiger partial charge on any atom is 0.573 e. The summed E-state index contributed by atoms with van der Waals surface area (Å²) in [5.41, 5.74) is 0.955. The van der Waals surface area contributed by atoms with Gasteiger partial charge in [0.2, 0.25) is 6.17 Å². The van der Waals surface area contributed by atoms with Crippen molar-refractivity contribution in [2.75, 3.05) is 0 Å². The number of ether oxygens (including phenoxy) is 2. The van der Waals surface area contributed by atoms with Crippen molar-refractivity contribution in [1.82, 2.24) is 14.5 Å². The standard InChI is InChI=1S/C18H12F5N5O2/c19-17(20,29-10-14-24-6-1-7-25-14)16-27-26-15-8-12(9-28(15)16)11-2-4-13(5-3-11)30-18(21,22)23/h1-9,16H,10H2. The predicted octanol–water partition coefficient (Wildman–Crippen LogP) is 5.25. The van der Waals surface area contributed by atoms with Gasteiger partial charge in [-0.05, 0) is 29.8 Å². The van der Waals surface area contributed by atoms with Crippen LogP contribution < -0.4 is 4.74 Å². The summed E-state index contributed by atoms with van der Waals surface area (Å²) >= 11 is 0. The van der Waals surface area contributed by atoms with Crippen LogP contribution in [0.3, 0.4) is 0 Å². The normalized spacial score (nSPS) is 16.0. The highest BCUT2D eigenvalue weighted by Crippen LogP contribution is 2.42. The lowest BCUT2D eigenvalue weighted by atomic mass is 10.1. The number of halogens is 5. The summed E-state index contributed by atoms with van der Waals surface area (Å²) in [6, 6.07) is 8.03. The van der Waals surface area contributed by atoms with Gasteiger partial charge in [0, 0.05) is 24.2 Å². The maximum absolute atomic E-state index is 14.5. The van der Waals surface area contributed by atoms with Gasteiger partial charge in [-0.15, -0.1) is 18.3 Å². The van der Waals surface area contributed by atoms with Gasteiger partial charge in [-0.25, -0.2) is 9.97 Å². The van der Waals surface area contributed by atoms with Crippen molar-refractivity contribution in [3.8, 4) is 16.9 Å². The number of benzene rings is 1. The summed E-state index contributed by atoms with van der Waals surface area (Å²) in [5.74, 6) is -0.148. The first-order valence-electron chi connectivity index (χ1n) is 8.48. The van der Waals surface area contributed by atoms with Crippen molar-refractivity contribution in [2.45, 2.75) is 25.2 Å². The lowest BCUT2D eigenvalue weighted by molar-refractivity contribution is -0.274. The van der Waals surface area contributed by atoms with Crippen LogP contribution in [0.25, 0.3) is 11.1 Å². The number of azo groups is 1. The Kier molecular flexibility index (Phi) is 4.94. The fraction of sp³-hybridized carbons (Fsp3) is 0.222. The largest absolute Gasteiger partial charge is 0.573 e. The highest BCUT2D eigenvalue weighted by molar-refractivity contribution is 5.67. The molecule has 7 nitrogen and oxygen atoms in total. The van der Waals surface area contributed by atoms with E-state index in [-0.39, 0.29) is 11.6 Å². The second-order valence-electron chi connectivity index (χ2n) is 6.17. The Morgan fingerprint density at radius 3 is 2.33 bits per heavy atom. The third-order valence-corrected chi connectivity index (χ3v) is 4.10. The monoisotopic (exact) mass is 425 g/mol. The molecule has 0 aliphatic carbocycles. The molecule has 0 fully saturated rings. The van der Waals surface area contributed by atoms with Crippen LogP contribution in [0.2, 0.25) is 0 Å². The average Bonchev–Trinajstić information content (AvgIpc) is 3.27. The van der Waals surface area contributed by atoms with Crippen molar-refractivity contribution in [3.63, 3.8) is 0 Å². The summed E-state index contributed by atoms with van der Waals surface area (Å²) < 4.78 is 75.5. The second kappa shape index (κ2) is 7.44. The minimum Gasteiger partial charge on any atom is -0.406 e. The van der Waals surface area contributed by atoms with E-state index in [1.807, 2.05) is 0 Å². The highest BCUT2D eigenvalue weighted by atomic mass is 19.4. The average molecular weight is 425 g/mol. The lowest BCUT2D eigenvalue weighted by Gasteiger charge is -2.21. The Hall–Kier alpha value is -3.41. The molecule has 0 amide bonds. The van der Waals surface area contributed by atoms with Crippen LogP contribution in [0.1, 0.15) is 12.0 Å². The molecule has 1 aromatic carbocycles. The summed E-state index contributed by atoms with van der Waals surface area (Å²) in [6.07, 6.45) is -6.06. The van der Waals surface area contributed by atoms with E-state index in [0.717, 1.165) is 16.7 Å². The molecule has 30 heavy (non-hydrogen) atoms. The van der Waals surface area contributed by atoms with Gasteiger partial charge in [-0.3, -0.25) is 4.57 Å². The Morgan fingerprint density at radius 2 is 1.67 bits per heavy atom. The smallest absolute Gasteiger partial charge is 0.406 e. The van der Waals surface area contributed by atoms with Gasteiger partial charge < -0.3 is 9.47 Å². The van der Waals surface area contributed by atoms with Gasteiger partial charge in [0.25, 0.3) is 0 Å². The molecule has 3 aromatic rings. The van der Waals surface area contributed by atoms with Gasteiger partial charge >= 0.3 is 12.5 Å². The molecular weight excluding hydrogens is 413 g/mol. The zero-order valence-corrected chi connectivity index (χ0v) is 14.9. The highest BCUT2D eigenvalue weighted by Gasteiger charge is 2.46. The molecule has 1 aliphatic rings. The molecule has 1 unspecified atom stereocenters. The minimum atomic E-state index is -4.80. The van der Waals surface area contributed by atoms with E-state index in [1.54, 1.807) is 6.07 Å².